The van der Waals surface area contributed by atoms with Gasteiger partial charge in [-0.15, -0.1) is 0 Å². The van der Waals surface area contributed by atoms with E-state index in [9.17, 15) is 14.0 Å². The van der Waals surface area contributed by atoms with Gasteiger partial charge >= 0.3 is 0 Å². The van der Waals surface area contributed by atoms with E-state index in [2.05, 4.69) is 19.2 Å². The Kier molecular flexibility index (Phi) is 11.4. The lowest BCUT2D eigenvalue weighted by molar-refractivity contribution is -0.117. The van der Waals surface area contributed by atoms with Crippen LogP contribution in [0.2, 0.25) is 0 Å². The van der Waals surface area contributed by atoms with Gasteiger partial charge in [0.15, 0.2) is 0 Å². The number of benzene rings is 3. The van der Waals surface area contributed by atoms with Crippen molar-refractivity contribution in [3.63, 3.8) is 0 Å². The molecule has 7 heteroatoms. The first-order valence-corrected chi connectivity index (χ1v) is 15.1. The summed E-state index contributed by atoms with van der Waals surface area (Å²) in [4.78, 5) is 28.6. The number of carbonyl (C=O) groups excluding carboxylic acids is 2. The fourth-order valence-corrected chi connectivity index (χ4v) is 4.91. The van der Waals surface area contributed by atoms with Crippen molar-refractivity contribution in [3.8, 4) is 16.9 Å². The van der Waals surface area contributed by atoms with Crippen LogP contribution >= 0.6 is 0 Å². The molecule has 1 N–H and O–H groups in total. The average molecular weight is 569 g/mol. The van der Waals surface area contributed by atoms with E-state index in [-0.39, 0.29) is 24.2 Å². The van der Waals surface area contributed by atoms with Gasteiger partial charge in [-0.05, 0) is 61.2 Å². The minimum absolute atomic E-state index is 0.0867. The first-order valence-electron chi connectivity index (χ1n) is 15.1. The second kappa shape index (κ2) is 15.7. The van der Waals surface area contributed by atoms with E-state index >= 15 is 0 Å². The lowest BCUT2D eigenvalue weighted by Crippen LogP contribution is -2.39. The highest BCUT2D eigenvalue weighted by Crippen LogP contribution is 2.25. The largest absolute Gasteiger partial charge is 0.329 e. The van der Waals surface area contributed by atoms with E-state index in [1.54, 1.807) is 27.8 Å². The maximum Gasteiger partial charge on any atom is 0.254 e. The minimum atomic E-state index is -0.356. The zero-order chi connectivity index (χ0) is 29.7. The quantitative estimate of drug-likeness (QED) is 0.147. The molecule has 6 nitrogen and oxygen atoms in total. The van der Waals surface area contributed by atoms with E-state index in [0.29, 0.717) is 29.3 Å². The molecule has 0 aliphatic heterocycles. The molecule has 0 unspecified atom stereocenters. The van der Waals surface area contributed by atoms with Crippen LogP contribution in [0.1, 0.15) is 74.7 Å². The molecule has 0 fully saturated rings. The standard InChI is InChI=1S/C35H41FN4O2/c1-3-5-7-9-13-27-16-18-29(19-17-27)35(42)39(24-12-6-4-2)26-34(41)37-33-25-32(28-14-10-8-11-15-28)38-40(33)31-22-20-30(36)21-23-31/h8,10-11,14-23,25H,3-7,9,12-13,24,26H2,1-2H3,(H,37,41). The number of aryl methyl sites for hydroxylation is 1. The Morgan fingerprint density at radius 3 is 2.21 bits per heavy atom. The molecule has 0 saturated carbocycles. The molecule has 42 heavy (non-hydrogen) atoms. The summed E-state index contributed by atoms with van der Waals surface area (Å²) in [7, 11) is 0. The Bertz CT molecular complexity index is 1420. The van der Waals surface area contributed by atoms with Crippen molar-refractivity contribution in [2.45, 2.75) is 65.2 Å². The summed E-state index contributed by atoms with van der Waals surface area (Å²) in [5.74, 6) is -0.393. The number of unbranched alkanes of at least 4 members (excludes halogenated alkanes) is 5. The SMILES string of the molecule is CCCCCCc1ccc(C(=O)N(CCCCC)CC(=O)Nc2cc(-c3ccccc3)nn2-c2ccc(F)cc2)cc1. The number of nitrogens with zero attached hydrogens (tertiary/aromatic N) is 3. The highest BCUT2D eigenvalue weighted by molar-refractivity contribution is 5.99. The second-order valence-corrected chi connectivity index (χ2v) is 10.7. The first-order chi connectivity index (χ1) is 20.5. The monoisotopic (exact) mass is 568 g/mol. The molecule has 2 amide bonds. The van der Waals surface area contributed by atoms with Crippen LogP contribution in [-0.2, 0) is 11.2 Å². The average Bonchev–Trinajstić information content (AvgIpc) is 3.43. The molecule has 0 atom stereocenters. The van der Waals surface area contributed by atoms with Crippen LogP contribution in [0.3, 0.4) is 0 Å². The highest BCUT2D eigenvalue weighted by atomic mass is 19.1. The summed E-state index contributed by atoms with van der Waals surface area (Å²) >= 11 is 0. The van der Waals surface area contributed by atoms with Gasteiger partial charge in [-0.25, -0.2) is 9.07 Å². The Hall–Kier alpha value is -4.26. The van der Waals surface area contributed by atoms with Crippen molar-refractivity contribution < 1.29 is 14.0 Å². The fourth-order valence-electron chi connectivity index (χ4n) is 4.91. The number of hydrogen-bond donors (Lipinski definition) is 1. The Labute approximate surface area is 248 Å². The van der Waals surface area contributed by atoms with Crippen molar-refractivity contribution in [3.05, 3.63) is 102 Å². The van der Waals surface area contributed by atoms with Gasteiger partial charge in [0.25, 0.3) is 5.91 Å². The number of halogens is 1. The Morgan fingerprint density at radius 2 is 1.52 bits per heavy atom. The van der Waals surface area contributed by atoms with Crippen molar-refractivity contribution in [1.29, 1.82) is 0 Å². The number of rotatable bonds is 15. The Morgan fingerprint density at radius 1 is 0.833 bits per heavy atom. The number of hydrogen-bond acceptors (Lipinski definition) is 3. The van der Waals surface area contributed by atoms with Crippen LogP contribution in [0.15, 0.2) is 84.9 Å². The van der Waals surface area contributed by atoms with Gasteiger partial charge in [0.2, 0.25) is 5.91 Å². The van der Waals surface area contributed by atoms with Gasteiger partial charge in [-0.2, -0.15) is 5.10 Å². The normalized spacial score (nSPS) is 10.9. The number of nitrogens with one attached hydrogen (secondary N) is 1. The van der Waals surface area contributed by atoms with Gasteiger partial charge in [0.05, 0.1) is 11.4 Å². The van der Waals surface area contributed by atoms with Crippen LogP contribution in [0.4, 0.5) is 10.2 Å². The van der Waals surface area contributed by atoms with Gasteiger partial charge in [0, 0.05) is 23.7 Å². The van der Waals surface area contributed by atoms with Gasteiger partial charge < -0.3 is 10.2 Å². The second-order valence-electron chi connectivity index (χ2n) is 10.7. The maximum atomic E-state index is 13.6. The first kappa shape index (κ1) is 30.7. The molecule has 0 spiro atoms. The molecule has 3 aromatic carbocycles. The highest BCUT2D eigenvalue weighted by Gasteiger charge is 2.21. The van der Waals surface area contributed by atoms with Crippen LogP contribution in [0.25, 0.3) is 16.9 Å². The zero-order valence-corrected chi connectivity index (χ0v) is 24.7. The lowest BCUT2D eigenvalue weighted by Gasteiger charge is -2.22. The number of anilines is 1. The molecule has 0 saturated heterocycles. The summed E-state index contributed by atoms with van der Waals surface area (Å²) in [6.07, 6.45) is 8.61. The minimum Gasteiger partial charge on any atom is -0.329 e. The molecule has 0 radical (unpaired) electrons. The molecule has 0 aliphatic rings. The molecule has 4 aromatic rings. The van der Waals surface area contributed by atoms with Crippen LogP contribution < -0.4 is 5.32 Å². The summed E-state index contributed by atoms with van der Waals surface area (Å²) in [5.41, 5.74) is 3.97. The van der Waals surface area contributed by atoms with Crippen LogP contribution in [-0.4, -0.2) is 39.6 Å². The van der Waals surface area contributed by atoms with E-state index < -0.39 is 0 Å². The van der Waals surface area contributed by atoms with Gasteiger partial charge in [0.1, 0.15) is 18.2 Å². The summed E-state index contributed by atoms with van der Waals surface area (Å²) in [6.45, 7) is 4.72. The third-order valence-electron chi connectivity index (χ3n) is 7.29. The van der Waals surface area contributed by atoms with Crippen molar-refractivity contribution in [2.75, 3.05) is 18.4 Å². The third kappa shape index (κ3) is 8.62. The van der Waals surface area contributed by atoms with Crippen molar-refractivity contribution in [1.82, 2.24) is 14.7 Å². The van der Waals surface area contributed by atoms with Crippen molar-refractivity contribution >= 4 is 17.6 Å². The zero-order valence-electron chi connectivity index (χ0n) is 24.7. The number of aromatic nitrogens is 2. The molecule has 1 heterocycles. The smallest absolute Gasteiger partial charge is 0.254 e. The summed E-state index contributed by atoms with van der Waals surface area (Å²) in [5, 5.41) is 7.65. The maximum absolute atomic E-state index is 13.6. The van der Waals surface area contributed by atoms with Crippen LogP contribution in [0, 0.1) is 5.82 Å². The molecule has 220 valence electrons. The van der Waals surface area contributed by atoms with E-state index in [4.69, 9.17) is 5.10 Å². The molecule has 1 aromatic heterocycles. The summed E-state index contributed by atoms with van der Waals surface area (Å²) < 4.78 is 15.2. The van der Waals surface area contributed by atoms with E-state index in [1.807, 2.05) is 54.6 Å². The van der Waals surface area contributed by atoms with E-state index in [1.165, 1.54) is 37.0 Å². The predicted molar refractivity (Wildman–Crippen MR) is 167 cm³/mol. The Balaban J connectivity index is 1.51. The number of carbonyl (C=O) groups is 2. The molecular formula is C35H41FN4O2. The topological polar surface area (TPSA) is 67.2 Å². The predicted octanol–water partition coefficient (Wildman–Crippen LogP) is 8.07. The van der Waals surface area contributed by atoms with Crippen molar-refractivity contribution in [2.24, 2.45) is 0 Å². The van der Waals surface area contributed by atoms with E-state index in [0.717, 1.165) is 37.7 Å². The van der Waals surface area contributed by atoms with Gasteiger partial charge in [-0.1, -0.05) is 88.4 Å². The van der Waals surface area contributed by atoms with Gasteiger partial charge in [-0.3, -0.25) is 9.59 Å². The fraction of sp³-hybridized carbons (Fsp3) is 0.343. The third-order valence-corrected chi connectivity index (χ3v) is 7.29. The molecule has 0 aliphatic carbocycles. The number of amides is 2. The molecule has 0 bridgehead atoms. The summed E-state index contributed by atoms with van der Waals surface area (Å²) in [6, 6.07) is 25.2. The van der Waals surface area contributed by atoms with Crippen LogP contribution in [0.5, 0.6) is 0 Å². The molecular weight excluding hydrogens is 527 g/mol. The lowest BCUT2D eigenvalue weighted by atomic mass is 10.0. The molecule has 4 rings (SSSR count).